The first-order chi connectivity index (χ1) is 16.6. The van der Waals surface area contributed by atoms with Crippen molar-refractivity contribution >= 4 is 17.7 Å². The lowest BCUT2D eigenvalue weighted by atomic mass is 10.1. The van der Waals surface area contributed by atoms with Gasteiger partial charge in [-0.25, -0.2) is 4.39 Å². The summed E-state index contributed by atoms with van der Waals surface area (Å²) in [6.45, 7) is 3.38. The minimum atomic E-state index is -0.707. The summed E-state index contributed by atoms with van der Waals surface area (Å²) in [5.74, 6) is 2.66. The molecule has 4 aromatic rings. The van der Waals surface area contributed by atoms with E-state index in [1.807, 2.05) is 24.3 Å². The molecule has 3 aromatic heterocycles. The fourth-order valence-electron chi connectivity index (χ4n) is 3.96. The molecule has 5 rings (SSSR count). The molecule has 3 N–H and O–H groups in total. The Morgan fingerprint density at radius 1 is 1.18 bits per heavy atom. The monoisotopic (exact) mass is 466 g/mol. The zero-order valence-corrected chi connectivity index (χ0v) is 18.7. The lowest BCUT2D eigenvalue weighted by molar-refractivity contribution is 0.121. The summed E-state index contributed by atoms with van der Waals surface area (Å²) in [5, 5.41) is 7.47. The quantitative estimate of drug-likeness (QED) is 0.384. The second-order valence-corrected chi connectivity index (χ2v) is 8.24. The Morgan fingerprint density at radius 2 is 2.06 bits per heavy atom. The number of fused-ring (bicyclic) bond motifs is 1. The molecule has 1 saturated heterocycles. The van der Waals surface area contributed by atoms with Crippen LogP contribution >= 0.6 is 0 Å². The average molecular weight is 467 g/mol. The predicted molar refractivity (Wildman–Crippen MR) is 125 cm³/mol. The molecule has 1 aliphatic heterocycles. The molecular formula is C23H27FN8O2. The van der Waals surface area contributed by atoms with Gasteiger partial charge >= 0.3 is 0 Å². The predicted octanol–water partition coefficient (Wildman–Crippen LogP) is 2.83. The number of nitrogens with two attached hydrogens (primary N) is 1. The highest BCUT2D eigenvalue weighted by Gasteiger charge is 2.18. The van der Waals surface area contributed by atoms with Gasteiger partial charge in [0.1, 0.15) is 18.5 Å². The SMILES string of the molecule is Nc1nc(NCCc2ccc(OCCN3CCCC(F)C3)cc2)nc2nc(-c3ccco3)nn12. The number of rotatable bonds is 9. The highest BCUT2D eigenvalue weighted by molar-refractivity contribution is 5.52. The second-order valence-electron chi connectivity index (χ2n) is 8.24. The number of alkyl halides is 1. The first-order valence-corrected chi connectivity index (χ1v) is 11.4. The molecule has 10 nitrogen and oxygen atoms in total. The van der Waals surface area contributed by atoms with Crippen molar-refractivity contribution in [3.05, 3.63) is 48.2 Å². The van der Waals surface area contributed by atoms with E-state index in [2.05, 4.69) is 30.3 Å². The van der Waals surface area contributed by atoms with Gasteiger partial charge in [0.15, 0.2) is 5.76 Å². The lowest BCUT2D eigenvalue weighted by Gasteiger charge is -2.28. The summed E-state index contributed by atoms with van der Waals surface area (Å²) in [4.78, 5) is 15.1. The standard InChI is InChI=1S/C23H27FN8O2/c24-17-3-1-11-31(15-17)12-14-33-18-7-5-16(6-8-18)9-10-26-22-28-21(25)32-23(29-22)27-20(30-32)19-4-2-13-34-19/h2,4-8,13,17H,1,3,9-12,14-15H2,(H3,25,26,27,28,29,30). The molecule has 1 aliphatic rings. The van der Waals surface area contributed by atoms with Crippen LogP contribution in [0.2, 0.25) is 0 Å². The van der Waals surface area contributed by atoms with Gasteiger partial charge < -0.3 is 20.2 Å². The number of benzene rings is 1. The first-order valence-electron chi connectivity index (χ1n) is 11.4. The molecule has 1 aromatic carbocycles. The number of nitrogens with one attached hydrogen (secondary N) is 1. The molecule has 178 valence electrons. The van der Waals surface area contributed by atoms with Crippen molar-refractivity contribution in [2.24, 2.45) is 0 Å². The number of halogens is 1. The largest absolute Gasteiger partial charge is 0.492 e. The van der Waals surface area contributed by atoms with E-state index in [1.165, 1.54) is 4.52 Å². The van der Waals surface area contributed by atoms with Crippen LogP contribution in [0.4, 0.5) is 16.3 Å². The van der Waals surface area contributed by atoms with Crippen molar-refractivity contribution < 1.29 is 13.5 Å². The van der Waals surface area contributed by atoms with Crippen LogP contribution in [0.15, 0.2) is 47.1 Å². The number of hydrogen-bond acceptors (Lipinski definition) is 9. The van der Waals surface area contributed by atoms with Crippen molar-refractivity contribution in [1.29, 1.82) is 0 Å². The van der Waals surface area contributed by atoms with Crippen molar-refractivity contribution in [2.45, 2.75) is 25.4 Å². The maximum absolute atomic E-state index is 13.5. The molecule has 1 atom stereocenters. The van der Waals surface area contributed by atoms with Gasteiger partial charge in [0.25, 0.3) is 5.78 Å². The fraction of sp³-hybridized carbons (Fsp3) is 0.391. The van der Waals surface area contributed by atoms with E-state index < -0.39 is 6.17 Å². The van der Waals surface area contributed by atoms with Crippen LogP contribution in [0, 0.1) is 0 Å². The number of aromatic nitrogens is 5. The molecule has 1 fully saturated rings. The Balaban J connectivity index is 1.11. The van der Waals surface area contributed by atoms with E-state index in [0.717, 1.165) is 37.2 Å². The Morgan fingerprint density at radius 3 is 2.85 bits per heavy atom. The summed E-state index contributed by atoms with van der Waals surface area (Å²) in [5.41, 5.74) is 7.17. The van der Waals surface area contributed by atoms with Crippen LogP contribution in [0.1, 0.15) is 18.4 Å². The summed E-state index contributed by atoms with van der Waals surface area (Å²) in [6.07, 6.45) is 3.21. The molecule has 0 radical (unpaired) electrons. The van der Waals surface area contributed by atoms with E-state index in [9.17, 15) is 4.39 Å². The molecule has 34 heavy (non-hydrogen) atoms. The highest BCUT2D eigenvalue weighted by Crippen LogP contribution is 2.18. The van der Waals surface area contributed by atoms with Gasteiger partial charge in [-0.1, -0.05) is 12.1 Å². The van der Waals surface area contributed by atoms with Gasteiger partial charge in [0.05, 0.1) is 6.26 Å². The summed E-state index contributed by atoms with van der Waals surface area (Å²) >= 11 is 0. The van der Waals surface area contributed by atoms with Crippen molar-refractivity contribution in [1.82, 2.24) is 29.5 Å². The number of hydrogen-bond donors (Lipinski definition) is 2. The smallest absolute Gasteiger partial charge is 0.259 e. The van der Waals surface area contributed by atoms with E-state index in [0.29, 0.717) is 49.4 Å². The van der Waals surface area contributed by atoms with Crippen LogP contribution < -0.4 is 15.8 Å². The van der Waals surface area contributed by atoms with Gasteiger partial charge in [-0.3, -0.25) is 4.90 Å². The summed E-state index contributed by atoms with van der Waals surface area (Å²) in [7, 11) is 0. The van der Waals surface area contributed by atoms with Crippen LogP contribution in [0.3, 0.4) is 0 Å². The molecule has 0 amide bonds. The summed E-state index contributed by atoms with van der Waals surface area (Å²) < 4.78 is 26.0. The molecule has 11 heteroatoms. The number of anilines is 2. The molecule has 0 bridgehead atoms. The number of likely N-dealkylation sites (tertiary alicyclic amines) is 1. The number of nitrogens with zero attached hydrogens (tertiary/aromatic N) is 6. The van der Waals surface area contributed by atoms with Gasteiger partial charge in [0, 0.05) is 19.6 Å². The van der Waals surface area contributed by atoms with Crippen LogP contribution in [-0.4, -0.2) is 68.4 Å². The number of piperidine rings is 1. The van der Waals surface area contributed by atoms with E-state index in [-0.39, 0.29) is 5.95 Å². The first kappa shape index (κ1) is 22.1. The van der Waals surface area contributed by atoms with Crippen LogP contribution in [0.25, 0.3) is 17.4 Å². The molecular weight excluding hydrogens is 439 g/mol. The zero-order chi connectivity index (χ0) is 23.3. The minimum Gasteiger partial charge on any atom is -0.492 e. The normalized spacial score (nSPS) is 16.7. The van der Waals surface area contributed by atoms with Gasteiger partial charge in [0.2, 0.25) is 17.7 Å². The number of nitrogen functional groups attached to an aromatic ring is 1. The molecule has 1 unspecified atom stereocenters. The molecule has 4 heterocycles. The van der Waals surface area contributed by atoms with Gasteiger partial charge in [-0.05, 0) is 55.6 Å². The fourth-order valence-corrected chi connectivity index (χ4v) is 3.96. The van der Waals surface area contributed by atoms with E-state index in [1.54, 1.807) is 18.4 Å². The minimum absolute atomic E-state index is 0.186. The maximum atomic E-state index is 13.5. The van der Waals surface area contributed by atoms with Crippen LogP contribution in [-0.2, 0) is 6.42 Å². The van der Waals surface area contributed by atoms with Crippen molar-refractivity contribution in [3.63, 3.8) is 0 Å². The van der Waals surface area contributed by atoms with Gasteiger partial charge in [-0.15, -0.1) is 5.10 Å². The van der Waals surface area contributed by atoms with E-state index >= 15 is 0 Å². The van der Waals surface area contributed by atoms with E-state index in [4.69, 9.17) is 14.9 Å². The lowest BCUT2D eigenvalue weighted by Crippen LogP contribution is -2.38. The zero-order valence-electron chi connectivity index (χ0n) is 18.7. The topological polar surface area (TPSA) is 120 Å². The van der Waals surface area contributed by atoms with Crippen molar-refractivity contribution in [2.75, 3.05) is 43.8 Å². The highest BCUT2D eigenvalue weighted by atomic mass is 19.1. The molecule has 0 saturated carbocycles. The number of furan rings is 1. The Labute approximate surface area is 196 Å². The third-order valence-corrected chi connectivity index (χ3v) is 5.72. The second kappa shape index (κ2) is 10.0. The number of ether oxygens (including phenoxy) is 1. The van der Waals surface area contributed by atoms with Crippen molar-refractivity contribution in [3.8, 4) is 17.3 Å². The Kier molecular flexibility index (Phi) is 6.52. The summed E-state index contributed by atoms with van der Waals surface area (Å²) in [6, 6.07) is 11.5. The van der Waals surface area contributed by atoms with Gasteiger partial charge in [-0.2, -0.15) is 19.5 Å². The third kappa shape index (κ3) is 5.25. The molecule has 0 aliphatic carbocycles. The Bertz CT molecular complexity index is 1210. The maximum Gasteiger partial charge on any atom is 0.259 e. The average Bonchev–Trinajstić information content (AvgIpc) is 3.51. The third-order valence-electron chi connectivity index (χ3n) is 5.72. The molecule has 0 spiro atoms. The Hall–Kier alpha value is -3.73. The van der Waals surface area contributed by atoms with Crippen LogP contribution in [0.5, 0.6) is 5.75 Å².